The summed E-state index contributed by atoms with van der Waals surface area (Å²) in [5.41, 5.74) is -1.25. The predicted molar refractivity (Wildman–Crippen MR) is 71.9 cm³/mol. The van der Waals surface area contributed by atoms with Crippen LogP contribution >= 0.6 is 0 Å². The molecule has 0 aliphatic heterocycles. The lowest BCUT2D eigenvalue weighted by Crippen LogP contribution is -2.38. The first kappa shape index (κ1) is 17.5. The first-order valence-corrected chi connectivity index (χ1v) is 7.63. The third-order valence-corrected chi connectivity index (χ3v) is 4.55. The zero-order valence-corrected chi connectivity index (χ0v) is 12.5. The topological polar surface area (TPSA) is 89.9 Å². The van der Waals surface area contributed by atoms with Gasteiger partial charge in [0, 0.05) is 6.92 Å². The number of alkyl halides is 1. The Balaban J connectivity index is 2.84. The van der Waals surface area contributed by atoms with E-state index in [2.05, 4.69) is 4.74 Å². The van der Waals surface area contributed by atoms with Crippen LogP contribution in [0, 0.1) is 6.92 Å². The normalized spacial score (nSPS) is 14.5. The second kappa shape index (κ2) is 7.48. The van der Waals surface area contributed by atoms with Gasteiger partial charge in [-0.3, -0.25) is 4.79 Å². The Morgan fingerprint density at radius 2 is 1.90 bits per heavy atom. The molecule has 2 unspecified atom stereocenters. The smallest absolute Gasteiger partial charge is 0.304 e. The number of halogens is 1. The number of ether oxygens (including phenoxy) is 2. The molecule has 21 heavy (non-hydrogen) atoms. The second-order valence-corrected chi connectivity index (χ2v) is 6.41. The first-order valence-electron chi connectivity index (χ1n) is 6.08. The van der Waals surface area contributed by atoms with Gasteiger partial charge in [0.05, 0.1) is 4.90 Å². The molecule has 6 nitrogen and oxygen atoms in total. The SMILES string of the molecule is CC(=O)OCOC(CF)C(O)S(=O)(=O)c1ccc(C)cc1. The minimum absolute atomic E-state index is 0.143. The fourth-order valence-electron chi connectivity index (χ4n) is 1.47. The van der Waals surface area contributed by atoms with E-state index in [0.29, 0.717) is 0 Å². The van der Waals surface area contributed by atoms with Gasteiger partial charge in [-0.05, 0) is 19.1 Å². The predicted octanol–water partition coefficient (Wildman–Crippen LogP) is 0.962. The summed E-state index contributed by atoms with van der Waals surface area (Å²) >= 11 is 0. The second-order valence-electron chi connectivity index (χ2n) is 4.36. The number of hydrogen-bond donors (Lipinski definition) is 1. The molecule has 0 heterocycles. The molecule has 0 aromatic heterocycles. The van der Waals surface area contributed by atoms with Crippen LogP contribution < -0.4 is 0 Å². The van der Waals surface area contributed by atoms with E-state index in [1.807, 2.05) is 0 Å². The van der Waals surface area contributed by atoms with Crippen molar-refractivity contribution in [3.05, 3.63) is 29.8 Å². The Bertz CT molecular complexity index is 569. The molecule has 0 bridgehead atoms. The number of benzene rings is 1. The quantitative estimate of drug-likeness (QED) is 0.594. The Hall–Kier alpha value is -1.51. The van der Waals surface area contributed by atoms with E-state index >= 15 is 0 Å². The first-order chi connectivity index (χ1) is 9.78. The maximum absolute atomic E-state index is 12.9. The summed E-state index contributed by atoms with van der Waals surface area (Å²) in [6, 6.07) is 5.75. The van der Waals surface area contributed by atoms with Crippen LogP contribution in [0.5, 0.6) is 0 Å². The molecule has 1 aromatic rings. The number of aliphatic hydroxyl groups excluding tert-OH is 1. The summed E-state index contributed by atoms with van der Waals surface area (Å²) in [6.07, 6.45) is -1.64. The molecule has 0 amide bonds. The number of carbonyl (C=O) groups excluding carboxylic acids is 1. The van der Waals surface area contributed by atoms with Crippen molar-refractivity contribution >= 4 is 15.8 Å². The monoisotopic (exact) mass is 320 g/mol. The van der Waals surface area contributed by atoms with Crippen molar-refractivity contribution in [2.45, 2.75) is 30.3 Å². The van der Waals surface area contributed by atoms with E-state index in [0.717, 1.165) is 12.5 Å². The minimum Gasteiger partial charge on any atom is -0.439 e. The lowest BCUT2D eigenvalue weighted by molar-refractivity contribution is -0.162. The minimum atomic E-state index is -4.17. The van der Waals surface area contributed by atoms with Crippen molar-refractivity contribution in [2.75, 3.05) is 13.5 Å². The fraction of sp³-hybridized carbons (Fsp3) is 0.462. The van der Waals surface area contributed by atoms with Gasteiger partial charge in [0.25, 0.3) is 0 Å². The average Bonchev–Trinajstić information content (AvgIpc) is 2.43. The molecule has 0 radical (unpaired) electrons. The molecule has 2 atom stereocenters. The van der Waals surface area contributed by atoms with E-state index in [-0.39, 0.29) is 4.90 Å². The van der Waals surface area contributed by atoms with Crippen LogP contribution in [0.3, 0.4) is 0 Å². The molecule has 0 aliphatic carbocycles. The van der Waals surface area contributed by atoms with Crippen molar-refractivity contribution in [1.82, 2.24) is 0 Å². The highest BCUT2D eigenvalue weighted by atomic mass is 32.2. The Kier molecular flexibility index (Phi) is 6.25. The Morgan fingerprint density at radius 1 is 1.33 bits per heavy atom. The third-order valence-electron chi connectivity index (χ3n) is 2.68. The van der Waals surface area contributed by atoms with E-state index in [4.69, 9.17) is 4.74 Å². The molecule has 0 saturated carbocycles. The van der Waals surface area contributed by atoms with Crippen molar-refractivity contribution in [2.24, 2.45) is 0 Å². The number of carbonyl (C=O) groups is 1. The highest BCUT2D eigenvalue weighted by molar-refractivity contribution is 7.92. The van der Waals surface area contributed by atoms with Crippen molar-refractivity contribution in [3.63, 3.8) is 0 Å². The molecule has 0 saturated heterocycles. The van der Waals surface area contributed by atoms with E-state index < -0.39 is 40.8 Å². The standard InChI is InChI=1S/C13H17FO6S/c1-9-3-5-11(6-4-9)21(17,18)13(16)12(7-14)20-8-19-10(2)15/h3-6,12-13,16H,7-8H2,1-2H3. The maximum Gasteiger partial charge on any atom is 0.304 e. The van der Waals surface area contributed by atoms with Crippen LogP contribution in [0.1, 0.15) is 12.5 Å². The fourth-order valence-corrected chi connectivity index (χ4v) is 2.82. The zero-order valence-electron chi connectivity index (χ0n) is 11.7. The van der Waals surface area contributed by atoms with Crippen molar-refractivity contribution in [1.29, 1.82) is 0 Å². The van der Waals surface area contributed by atoms with Gasteiger partial charge in [-0.15, -0.1) is 0 Å². The molecule has 8 heteroatoms. The summed E-state index contributed by atoms with van der Waals surface area (Å²) in [6.45, 7) is 1.02. The summed E-state index contributed by atoms with van der Waals surface area (Å²) in [4.78, 5) is 10.4. The molecule has 0 aliphatic rings. The Morgan fingerprint density at radius 3 is 2.38 bits per heavy atom. The lowest BCUT2D eigenvalue weighted by Gasteiger charge is -2.20. The molecule has 1 aromatic carbocycles. The molecule has 1 rings (SSSR count). The lowest BCUT2D eigenvalue weighted by atomic mass is 10.2. The number of esters is 1. The maximum atomic E-state index is 12.9. The van der Waals surface area contributed by atoms with Gasteiger partial charge in [0.1, 0.15) is 12.8 Å². The molecule has 1 N–H and O–H groups in total. The highest BCUT2D eigenvalue weighted by Crippen LogP contribution is 2.19. The van der Waals surface area contributed by atoms with Gasteiger partial charge >= 0.3 is 5.97 Å². The summed E-state index contributed by atoms with van der Waals surface area (Å²) in [5.74, 6) is -0.663. The van der Waals surface area contributed by atoms with Gasteiger partial charge in [-0.2, -0.15) is 0 Å². The molecule has 0 spiro atoms. The van der Waals surface area contributed by atoms with Crippen LogP contribution in [-0.2, 0) is 24.1 Å². The zero-order chi connectivity index (χ0) is 16.0. The van der Waals surface area contributed by atoms with Gasteiger partial charge in [-0.25, -0.2) is 12.8 Å². The van der Waals surface area contributed by atoms with Crippen molar-refractivity contribution < 1.29 is 32.2 Å². The number of hydrogen-bond acceptors (Lipinski definition) is 6. The van der Waals surface area contributed by atoms with E-state index in [9.17, 15) is 22.7 Å². The van der Waals surface area contributed by atoms with Crippen LogP contribution in [0.15, 0.2) is 29.2 Å². The van der Waals surface area contributed by atoms with E-state index in [1.165, 1.54) is 12.1 Å². The van der Waals surface area contributed by atoms with Crippen LogP contribution in [0.25, 0.3) is 0 Å². The molecular formula is C13H17FO6S. The summed E-state index contributed by atoms with van der Waals surface area (Å²) < 4.78 is 46.3. The third kappa shape index (κ3) is 4.76. The number of aliphatic hydroxyl groups is 1. The van der Waals surface area contributed by atoms with Gasteiger partial charge in [-0.1, -0.05) is 17.7 Å². The van der Waals surface area contributed by atoms with Gasteiger partial charge in [0.2, 0.25) is 9.84 Å². The summed E-state index contributed by atoms with van der Waals surface area (Å²) in [7, 11) is -4.17. The van der Waals surface area contributed by atoms with Crippen molar-refractivity contribution in [3.8, 4) is 0 Å². The molecule has 118 valence electrons. The van der Waals surface area contributed by atoms with Gasteiger partial charge in [0.15, 0.2) is 12.2 Å². The molecular weight excluding hydrogens is 303 g/mol. The van der Waals surface area contributed by atoms with E-state index in [1.54, 1.807) is 19.1 Å². The van der Waals surface area contributed by atoms with Gasteiger partial charge < -0.3 is 14.6 Å². The number of sulfone groups is 1. The number of aryl methyl sites for hydroxylation is 1. The molecule has 0 fully saturated rings. The van der Waals surface area contributed by atoms with Crippen LogP contribution in [0.2, 0.25) is 0 Å². The van der Waals surface area contributed by atoms with Crippen LogP contribution in [0.4, 0.5) is 4.39 Å². The largest absolute Gasteiger partial charge is 0.439 e. The highest BCUT2D eigenvalue weighted by Gasteiger charge is 2.34. The van der Waals surface area contributed by atoms with Crippen LogP contribution in [-0.4, -0.2) is 44.5 Å². The number of rotatable bonds is 7. The Labute approximate surface area is 122 Å². The average molecular weight is 320 g/mol. The summed E-state index contributed by atoms with van der Waals surface area (Å²) in [5, 5.41) is 9.83.